The largest absolute Gasteiger partial charge is 0.232 e. The Labute approximate surface area is 111 Å². The lowest BCUT2D eigenvalue weighted by atomic mass is 10.0. The molecule has 0 unspecified atom stereocenters. The van der Waals surface area contributed by atoms with Crippen LogP contribution in [-0.2, 0) is 0 Å². The monoisotopic (exact) mass is 246 g/mol. The van der Waals surface area contributed by atoms with Gasteiger partial charge in [-0.2, -0.15) is 5.10 Å². The maximum atomic E-state index is 4.71. The highest BCUT2D eigenvalue weighted by Gasteiger charge is 2.12. The van der Waals surface area contributed by atoms with Gasteiger partial charge in [-0.25, -0.2) is 4.52 Å². The minimum atomic E-state index is 1.10. The number of aryl methyl sites for hydroxylation is 2. The Kier molecular flexibility index (Phi) is 1.99. The number of benzene rings is 2. The lowest BCUT2D eigenvalue weighted by molar-refractivity contribution is 0.973. The Bertz CT molecular complexity index is 932. The summed E-state index contributed by atoms with van der Waals surface area (Å²) in [5.74, 6) is 0. The molecule has 4 rings (SSSR count). The molecular weight excluding hydrogens is 232 g/mol. The SMILES string of the molecule is Cc1nn2c3ccccc3c3ccccc3c2c1C. The van der Waals surface area contributed by atoms with Crippen LogP contribution < -0.4 is 0 Å². The summed E-state index contributed by atoms with van der Waals surface area (Å²) in [6, 6.07) is 17.0. The molecule has 2 heteroatoms. The molecule has 0 aliphatic carbocycles. The van der Waals surface area contributed by atoms with Crippen molar-refractivity contribution < 1.29 is 0 Å². The number of rotatable bonds is 0. The number of para-hydroxylation sites is 1. The molecule has 0 aliphatic rings. The molecule has 0 spiro atoms. The third-order valence-electron chi connectivity index (χ3n) is 3.96. The number of pyridine rings is 1. The van der Waals surface area contributed by atoms with Crippen LogP contribution in [0.5, 0.6) is 0 Å². The summed E-state index contributed by atoms with van der Waals surface area (Å²) < 4.78 is 2.09. The summed E-state index contributed by atoms with van der Waals surface area (Å²) in [6.45, 7) is 4.23. The number of hydrogen-bond donors (Lipinski definition) is 0. The van der Waals surface area contributed by atoms with Gasteiger partial charge in [-0.3, -0.25) is 0 Å². The fourth-order valence-corrected chi connectivity index (χ4v) is 2.91. The Morgan fingerprint density at radius 2 is 1.42 bits per heavy atom. The molecule has 92 valence electrons. The standard InChI is InChI=1S/C17H14N2/c1-11-12(2)18-19-16-10-6-5-8-14(16)13-7-3-4-9-15(13)17(11)19/h3-10H,1-2H3. The Balaban J connectivity index is 2.47. The third kappa shape index (κ3) is 1.28. The predicted molar refractivity (Wildman–Crippen MR) is 79.7 cm³/mol. The van der Waals surface area contributed by atoms with Crippen LogP contribution >= 0.6 is 0 Å². The van der Waals surface area contributed by atoms with Crippen LogP contribution in [0, 0.1) is 13.8 Å². The van der Waals surface area contributed by atoms with Gasteiger partial charge < -0.3 is 0 Å². The quantitative estimate of drug-likeness (QED) is 0.424. The van der Waals surface area contributed by atoms with Crippen molar-refractivity contribution >= 4 is 27.2 Å². The van der Waals surface area contributed by atoms with Gasteiger partial charge in [-0.1, -0.05) is 42.5 Å². The fraction of sp³-hybridized carbons (Fsp3) is 0.118. The number of hydrogen-bond acceptors (Lipinski definition) is 1. The summed E-state index contributed by atoms with van der Waals surface area (Å²) in [5, 5.41) is 8.54. The molecule has 2 aromatic heterocycles. The Morgan fingerprint density at radius 3 is 2.21 bits per heavy atom. The van der Waals surface area contributed by atoms with Crippen molar-refractivity contribution in [2.75, 3.05) is 0 Å². The molecule has 0 aliphatic heterocycles. The van der Waals surface area contributed by atoms with Crippen LogP contribution in [0.4, 0.5) is 0 Å². The minimum absolute atomic E-state index is 1.10. The van der Waals surface area contributed by atoms with Crippen LogP contribution in [0.15, 0.2) is 48.5 Å². The molecule has 0 atom stereocenters. The topological polar surface area (TPSA) is 17.3 Å². The van der Waals surface area contributed by atoms with E-state index in [1.54, 1.807) is 0 Å². The summed E-state index contributed by atoms with van der Waals surface area (Å²) in [7, 11) is 0. The minimum Gasteiger partial charge on any atom is -0.232 e. The molecule has 4 aromatic rings. The van der Waals surface area contributed by atoms with Crippen molar-refractivity contribution in [1.29, 1.82) is 0 Å². The maximum absolute atomic E-state index is 4.71. The molecule has 0 bridgehead atoms. The van der Waals surface area contributed by atoms with Crippen molar-refractivity contribution in [3.63, 3.8) is 0 Å². The van der Waals surface area contributed by atoms with Gasteiger partial charge in [-0.05, 0) is 30.9 Å². The molecule has 0 fully saturated rings. The number of aromatic nitrogens is 2. The second-order valence-electron chi connectivity index (χ2n) is 5.03. The summed E-state index contributed by atoms with van der Waals surface area (Å²) in [4.78, 5) is 0. The average Bonchev–Trinajstić information content (AvgIpc) is 2.76. The zero-order chi connectivity index (χ0) is 13.0. The zero-order valence-corrected chi connectivity index (χ0v) is 11.0. The summed E-state index contributed by atoms with van der Waals surface area (Å²) >= 11 is 0. The first-order valence-electron chi connectivity index (χ1n) is 6.53. The highest BCUT2D eigenvalue weighted by molar-refractivity contribution is 6.13. The van der Waals surface area contributed by atoms with Gasteiger partial charge in [-0.15, -0.1) is 0 Å². The van der Waals surface area contributed by atoms with Crippen LogP contribution in [0.2, 0.25) is 0 Å². The summed E-state index contributed by atoms with van der Waals surface area (Å²) in [6.07, 6.45) is 0. The molecule has 19 heavy (non-hydrogen) atoms. The second-order valence-corrected chi connectivity index (χ2v) is 5.03. The highest BCUT2D eigenvalue weighted by atomic mass is 15.2. The van der Waals surface area contributed by atoms with E-state index in [4.69, 9.17) is 5.10 Å². The molecule has 0 radical (unpaired) electrons. The second kappa shape index (κ2) is 3.58. The fourth-order valence-electron chi connectivity index (χ4n) is 2.91. The molecule has 0 N–H and O–H groups in total. The van der Waals surface area contributed by atoms with E-state index in [1.165, 1.54) is 32.8 Å². The molecule has 2 aromatic carbocycles. The van der Waals surface area contributed by atoms with Crippen molar-refractivity contribution in [2.24, 2.45) is 0 Å². The molecule has 2 heterocycles. The van der Waals surface area contributed by atoms with Crippen LogP contribution in [-0.4, -0.2) is 9.61 Å². The van der Waals surface area contributed by atoms with Crippen molar-refractivity contribution in [1.82, 2.24) is 9.61 Å². The Morgan fingerprint density at radius 1 is 0.789 bits per heavy atom. The van der Waals surface area contributed by atoms with Crippen molar-refractivity contribution in [3.05, 3.63) is 59.8 Å². The average molecular weight is 246 g/mol. The van der Waals surface area contributed by atoms with E-state index in [0.29, 0.717) is 0 Å². The number of nitrogens with zero attached hydrogens (tertiary/aromatic N) is 2. The van der Waals surface area contributed by atoms with Crippen LogP contribution in [0.3, 0.4) is 0 Å². The zero-order valence-electron chi connectivity index (χ0n) is 11.0. The van der Waals surface area contributed by atoms with E-state index in [1.807, 2.05) is 0 Å². The van der Waals surface area contributed by atoms with Gasteiger partial charge >= 0.3 is 0 Å². The predicted octanol–water partition coefficient (Wildman–Crippen LogP) is 4.26. The van der Waals surface area contributed by atoms with Gasteiger partial charge in [0.2, 0.25) is 0 Å². The lowest BCUT2D eigenvalue weighted by Gasteiger charge is -2.08. The molecular formula is C17H14N2. The van der Waals surface area contributed by atoms with E-state index in [-0.39, 0.29) is 0 Å². The molecule has 0 saturated heterocycles. The number of fused-ring (bicyclic) bond motifs is 6. The van der Waals surface area contributed by atoms with E-state index in [2.05, 4.69) is 66.9 Å². The Hall–Kier alpha value is -2.35. The maximum Gasteiger partial charge on any atom is 0.0779 e. The van der Waals surface area contributed by atoms with E-state index >= 15 is 0 Å². The van der Waals surface area contributed by atoms with Crippen LogP contribution in [0.1, 0.15) is 11.3 Å². The first-order chi connectivity index (χ1) is 9.27. The van der Waals surface area contributed by atoms with E-state index < -0.39 is 0 Å². The lowest BCUT2D eigenvalue weighted by Crippen LogP contribution is -1.92. The smallest absolute Gasteiger partial charge is 0.0779 e. The van der Waals surface area contributed by atoms with E-state index in [0.717, 1.165) is 5.69 Å². The van der Waals surface area contributed by atoms with Gasteiger partial charge in [0.05, 0.1) is 16.7 Å². The first kappa shape index (κ1) is 10.6. The van der Waals surface area contributed by atoms with E-state index in [9.17, 15) is 0 Å². The third-order valence-corrected chi connectivity index (χ3v) is 3.96. The first-order valence-corrected chi connectivity index (χ1v) is 6.53. The van der Waals surface area contributed by atoms with Gasteiger partial charge in [0.1, 0.15) is 0 Å². The van der Waals surface area contributed by atoms with Gasteiger partial charge in [0.15, 0.2) is 0 Å². The molecule has 2 nitrogen and oxygen atoms in total. The van der Waals surface area contributed by atoms with Crippen LogP contribution in [0.25, 0.3) is 27.2 Å². The molecule has 0 amide bonds. The van der Waals surface area contributed by atoms with Gasteiger partial charge in [0, 0.05) is 10.8 Å². The molecule has 0 saturated carbocycles. The normalized spacial score (nSPS) is 11.7. The van der Waals surface area contributed by atoms with Crippen molar-refractivity contribution in [3.8, 4) is 0 Å². The van der Waals surface area contributed by atoms with Crippen molar-refractivity contribution in [2.45, 2.75) is 13.8 Å². The summed E-state index contributed by atoms with van der Waals surface area (Å²) in [5.41, 5.74) is 4.77. The van der Waals surface area contributed by atoms with Gasteiger partial charge in [0.25, 0.3) is 0 Å². The highest BCUT2D eigenvalue weighted by Crippen LogP contribution is 2.31.